The van der Waals surface area contributed by atoms with Gasteiger partial charge in [-0.15, -0.1) is 0 Å². The molecule has 0 aliphatic carbocycles. The Morgan fingerprint density at radius 2 is 2.00 bits per heavy atom. The van der Waals surface area contributed by atoms with Crippen molar-refractivity contribution in [3.63, 3.8) is 0 Å². The monoisotopic (exact) mass is 265 g/mol. The van der Waals surface area contributed by atoms with Crippen molar-refractivity contribution < 1.29 is 9.47 Å². The Kier molecular flexibility index (Phi) is 6.32. The van der Waals surface area contributed by atoms with E-state index in [-0.39, 0.29) is 11.6 Å². The fourth-order valence-electron chi connectivity index (χ4n) is 1.79. The minimum absolute atomic E-state index is 0.0768. The molecule has 0 spiro atoms. The van der Waals surface area contributed by atoms with Gasteiger partial charge in [0, 0.05) is 0 Å². The van der Waals surface area contributed by atoms with Crippen LogP contribution in [0.2, 0.25) is 0 Å². The van der Waals surface area contributed by atoms with E-state index in [1.165, 1.54) is 5.56 Å². The lowest BCUT2D eigenvalue weighted by atomic mass is 10.0. The lowest BCUT2D eigenvalue weighted by molar-refractivity contribution is -0.0306. The van der Waals surface area contributed by atoms with Crippen LogP contribution in [0.3, 0.4) is 0 Å². The highest BCUT2D eigenvalue weighted by atomic mass is 16.5. The number of methoxy groups -OCH3 is 1. The molecule has 0 fully saturated rings. The van der Waals surface area contributed by atoms with Crippen molar-refractivity contribution in [2.75, 3.05) is 20.3 Å². The molecule has 0 radical (unpaired) electrons. The van der Waals surface area contributed by atoms with Gasteiger partial charge < -0.3 is 14.8 Å². The van der Waals surface area contributed by atoms with Gasteiger partial charge in [0.2, 0.25) is 0 Å². The molecule has 1 aromatic carbocycles. The molecule has 1 unspecified atom stereocenters. The van der Waals surface area contributed by atoms with Crippen molar-refractivity contribution in [3.05, 3.63) is 29.8 Å². The van der Waals surface area contributed by atoms with Gasteiger partial charge in [-0.2, -0.15) is 0 Å². The molecule has 0 saturated heterocycles. The second-order valence-electron chi connectivity index (χ2n) is 5.31. The van der Waals surface area contributed by atoms with E-state index in [1.807, 2.05) is 12.1 Å². The van der Waals surface area contributed by atoms with Crippen LogP contribution in [-0.2, 0) is 4.74 Å². The summed E-state index contributed by atoms with van der Waals surface area (Å²) in [5, 5.41) is 3.47. The molecule has 0 bridgehead atoms. The SMILES string of the molecule is CCNC(COC(C)(C)CC)c1cccc(OC)c1. The summed E-state index contributed by atoms with van der Waals surface area (Å²) in [5.41, 5.74) is 1.13. The third-order valence-electron chi connectivity index (χ3n) is 3.44. The third kappa shape index (κ3) is 5.21. The van der Waals surface area contributed by atoms with Crippen molar-refractivity contribution >= 4 is 0 Å². The highest BCUT2D eigenvalue weighted by molar-refractivity contribution is 5.30. The number of hydrogen-bond donors (Lipinski definition) is 1. The zero-order valence-corrected chi connectivity index (χ0v) is 12.8. The van der Waals surface area contributed by atoms with E-state index in [2.05, 4.69) is 45.1 Å². The highest BCUT2D eigenvalue weighted by Gasteiger charge is 2.19. The number of likely N-dealkylation sites (N-methyl/N-ethyl adjacent to an activating group) is 1. The van der Waals surface area contributed by atoms with E-state index in [9.17, 15) is 0 Å². The molecule has 1 rings (SSSR count). The molecule has 19 heavy (non-hydrogen) atoms. The number of hydrogen-bond acceptors (Lipinski definition) is 3. The van der Waals surface area contributed by atoms with Gasteiger partial charge in [0.1, 0.15) is 5.75 Å². The molecule has 108 valence electrons. The molecule has 0 aromatic heterocycles. The first-order chi connectivity index (χ1) is 9.02. The van der Waals surface area contributed by atoms with Crippen LogP contribution in [0.25, 0.3) is 0 Å². The summed E-state index contributed by atoms with van der Waals surface area (Å²) in [4.78, 5) is 0. The summed E-state index contributed by atoms with van der Waals surface area (Å²) in [6.45, 7) is 10.1. The number of benzene rings is 1. The fourth-order valence-corrected chi connectivity index (χ4v) is 1.79. The Bertz CT molecular complexity index is 377. The summed E-state index contributed by atoms with van der Waals surface area (Å²) in [6.07, 6.45) is 1.00. The van der Waals surface area contributed by atoms with E-state index in [4.69, 9.17) is 9.47 Å². The van der Waals surface area contributed by atoms with Gasteiger partial charge in [-0.25, -0.2) is 0 Å². The third-order valence-corrected chi connectivity index (χ3v) is 3.44. The molecule has 1 atom stereocenters. The molecule has 3 nitrogen and oxygen atoms in total. The molecule has 1 N–H and O–H groups in total. The first kappa shape index (κ1) is 16.0. The average Bonchev–Trinajstić information content (AvgIpc) is 2.43. The summed E-state index contributed by atoms with van der Waals surface area (Å²) in [5.74, 6) is 0.884. The second kappa shape index (κ2) is 7.51. The lowest BCUT2D eigenvalue weighted by Gasteiger charge is -2.27. The summed E-state index contributed by atoms with van der Waals surface area (Å²) >= 11 is 0. The average molecular weight is 265 g/mol. The minimum Gasteiger partial charge on any atom is -0.497 e. The van der Waals surface area contributed by atoms with Crippen LogP contribution in [0.15, 0.2) is 24.3 Å². The Morgan fingerprint density at radius 3 is 2.58 bits per heavy atom. The first-order valence-electron chi connectivity index (χ1n) is 7.03. The van der Waals surface area contributed by atoms with Crippen LogP contribution < -0.4 is 10.1 Å². The Hall–Kier alpha value is -1.06. The second-order valence-corrected chi connectivity index (χ2v) is 5.31. The Balaban J connectivity index is 2.75. The smallest absolute Gasteiger partial charge is 0.119 e. The van der Waals surface area contributed by atoms with Crippen molar-refractivity contribution in [2.24, 2.45) is 0 Å². The van der Waals surface area contributed by atoms with Crippen molar-refractivity contribution in [2.45, 2.75) is 45.8 Å². The molecular weight excluding hydrogens is 238 g/mol. The predicted molar refractivity (Wildman–Crippen MR) is 79.7 cm³/mol. The number of rotatable bonds is 8. The van der Waals surface area contributed by atoms with Gasteiger partial charge in [0.05, 0.1) is 25.4 Å². The number of ether oxygens (including phenoxy) is 2. The summed E-state index contributed by atoms with van der Waals surface area (Å²) in [6, 6.07) is 8.35. The van der Waals surface area contributed by atoms with Crippen molar-refractivity contribution in [1.29, 1.82) is 0 Å². The quantitative estimate of drug-likeness (QED) is 0.779. The van der Waals surface area contributed by atoms with Crippen molar-refractivity contribution in [1.82, 2.24) is 5.32 Å². The summed E-state index contributed by atoms with van der Waals surface area (Å²) in [7, 11) is 1.69. The van der Waals surface area contributed by atoms with Crippen LogP contribution in [0.4, 0.5) is 0 Å². The van der Waals surface area contributed by atoms with Crippen LogP contribution in [0.1, 0.15) is 45.7 Å². The largest absolute Gasteiger partial charge is 0.497 e. The van der Waals surface area contributed by atoms with Crippen LogP contribution in [0, 0.1) is 0 Å². The highest BCUT2D eigenvalue weighted by Crippen LogP contribution is 2.22. The minimum atomic E-state index is -0.0768. The standard InChI is InChI=1S/C16H27NO2/c1-6-16(3,4)19-12-15(17-7-2)13-9-8-10-14(11-13)18-5/h8-11,15,17H,6-7,12H2,1-5H3. The topological polar surface area (TPSA) is 30.5 Å². The van der Waals surface area contributed by atoms with Gasteiger partial charge in [-0.1, -0.05) is 26.0 Å². The molecule has 0 aliphatic heterocycles. The predicted octanol–water partition coefficient (Wildman–Crippen LogP) is 3.55. The fraction of sp³-hybridized carbons (Fsp3) is 0.625. The lowest BCUT2D eigenvalue weighted by Crippen LogP contribution is -2.31. The van der Waals surface area contributed by atoms with Gasteiger partial charge >= 0.3 is 0 Å². The van der Waals surface area contributed by atoms with Crippen molar-refractivity contribution in [3.8, 4) is 5.75 Å². The van der Waals surface area contributed by atoms with E-state index in [0.29, 0.717) is 6.61 Å². The normalized spacial score (nSPS) is 13.3. The van der Waals surface area contributed by atoms with Gasteiger partial charge in [-0.3, -0.25) is 0 Å². The zero-order chi connectivity index (χ0) is 14.3. The Morgan fingerprint density at radius 1 is 1.26 bits per heavy atom. The molecule has 0 amide bonds. The van der Waals surface area contributed by atoms with E-state index in [0.717, 1.165) is 18.7 Å². The van der Waals surface area contributed by atoms with Crippen LogP contribution >= 0.6 is 0 Å². The number of nitrogens with one attached hydrogen (secondary N) is 1. The van der Waals surface area contributed by atoms with E-state index >= 15 is 0 Å². The van der Waals surface area contributed by atoms with Crippen LogP contribution in [0.5, 0.6) is 5.75 Å². The zero-order valence-electron chi connectivity index (χ0n) is 12.8. The molecule has 0 heterocycles. The van der Waals surface area contributed by atoms with E-state index < -0.39 is 0 Å². The van der Waals surface area contributed by atoms with Gasteiger partial charge in [0.15, 0.2) is 0 Å². The van der Waals surface area contributed by atoms with Crippen LogP contribution in [-0.4, -0.2) is 25.9 Å². The Labute approximate surface area is 117 Å². The maximum absolute atomic E-state index is 6.02. The first-order valence-corrected chi connectivity index (χ1v) is 7.03. The summed E-state index contributed by atoms with van der Waals surface area (Å²) < 4.78 is 11.3. The molecule has 0 aliphatic rings. The molecular formula is C16H27NO2. The van der Waals surface area contributed by atoms with Gasteiger partial charge in [-0.05, 0) is 44.5 Å². The molecule has 1 aromatic rings. The molecule has 3 heteroatoms. The van der Waals surface area contributed by atoms with Gasteiger partial charge in [0.25, 0.3) is 0 Å². The maximum Gasteiger partial charge on any atom is 0.119 e. The molecule has 0 saturated carbocycles. The maximum atomic E-state index is 6.02. The van der Waals surface area contributed by atoms with E-state index in [1.54, 1.807) is 7.11 Å².